The van der Waals surface area contributed by atoms with Gasteiger partial charge in [0.05, 0.1) is 29.1 Å². The Kier molecular flexibility index (Phi) is 5.40. The summed E-state index contributed by atoms with van der Waals surface area (Å²) in [6.07, 6.45) is 7.84. The number of nitrogens with two attached hydrogens (primary N) is 1. The SMILES string of the molecule is Nc1cnc(Cc2cnn(C3CCOCC3)c2)nc1Nc1ccc(Cl)c(F)c1. The lowest BCUT2D eigenvalue weighted by Crippen LogP contribution is -2.19. The highest BCUT2D eigenvalue weighted by Crippen LogP contribution is 2.25. The van der Waals surface area contributed by atoms with Crippen LogP contribution in [0.25, 0.3) is 0 Å². The van der Waals surface area contributed by atoms with E-state index in [9.17, 15) is 4.39 Å². The summed E-state index contributed by atoms with van der Waals surface area (Å²) in [5, 5.41) is 7.55. The van der Waals surface area contributed by atoms with Crippen LogP contribution < -0.4 is 11.1 Å². The van der Waals surface area contributed by atoms with Crippen molar-refractivity contribution in [3.05, 3.63) is 59.0 Å². The molecule has 0 radical (unpaired) electrons. The lowest BCUT2D eigenvalue weighted by atomic mass is 10.1. The maximum Gasteiger partial charge on any atom is 0.157 e. The molecule has 146 valence electrons. The maximum absolute atomic E-state index is 13.7. The smallest absolute Gasteiger partial charge is 0.157 e. The predicted octanol–water partition coefficient (Wildman–Crippen LogP) is 3.73. The Morgan fingerprint density at radius 1 is 1.29 bits per heavy atom. The highest BCUT2D eigenvalue weighted by molar-refractivity contribution is 6.30. The molecule has 1 saturated heterocycles. The minimum Gasteiger partial charge on any atom is -0.394 e. The van der Waals surface area contributed by atoms with Crippen LogP contribution in [0.1, 0.15) is 30.3 Å². The number of hydrogen-bond acceptors (Lipinski definition) is 6. The van der Waals surface area contributed by atoms with Gasteiger partial charge < -0.3 is 15.8 Å². The van der Waals surface area contributed by atoms with Gasteiger partial charge in [0.25, 0.3) is 0 Å². The van der Waals surface area contributed by atoms with Gasteiger partial charge in [0.1, 0.15) is 11.6 Å². The molecule has 0 unspecified atom stereocenters. The van der Waals surface area contributed by atoms with Crippen molar-refractivity contribution >= 4 is 28.8 Å². The molecular weight excluding hydrogens is 383 g/mol. The first kappa shape index (κ1) is 18.6. The van der Waals surface area contributed by atoms with Crippen LogP contribution in [0.5, 0.6) is 0 Å². The summed E-state index contributed by atoms with van der Waals surface area (Å²) in [6.45, 7) is 1.53. The molecule has 0 amide bonds. The van der Waals surface area contributed by atoms with E-state index in [0.29, 0.717) is 35.5 Å². The fourth-order valence-electron chi connectivity index (χ4n) is 3.12. The molecular formula is C19H20ClFN6O. The number of nitrogen functional groups attached to an aromatic ring is 1. The normalized spacial score (nSPS) is 14.9. The van der Waals surface area contributed by atoms with Crippen LogP contribution in [0.4, 0.5) is 21.6 Å². The third kappa shape index (κ3) is 4.23. The van der Waals surface area contributed by atoms with Crippen LogP contribution in [-0.2, 0) is 11.2 Å². The summed E-state index contributed by atoms with van der Waals surface area (Å²) in [4.78, 5) is 8.78. The fourth-order valence-corrected chi connectivity index (χ4v) is 3.24. The van der Waals surface area contributed by atoms with E-state index in [2.05, 4.69) is 20.4 Å². The summed E-state index contributed by atoms with van der Waals surface area (Å²) in [5.74, 6) is 0.501. The molecule has 0 aliphatic carbocycles. The zero-order valence-corrected chi connectivity index (χ0v) is 15.9. The Hall–Kier alpha value is -2.71. The third-order valence-electron chi connectivity index (χ3n) is 4.63. The Bertz CT molecular complexity index is 973. The lowest BCUT2D eigenvalue weighted by molar-refractivity contribution is 0.0662. The molecule has 2 aromatic heterocycles. The average Bonchev–Trinajstić information content (AvgIpc) is 3.16. The van der Waals surface area contributed by atoms with Gasteiger partial charge in [-0.1, -0.05) is 11.6 Å². The van der Waals surface area contributed by atoms with Crippen molar-refractivity contribution in [2.45, 2.75) is 25.3 Å². The average molecular weight is 403 g/mol. The van der Waals surface area contributed by atoms with Gasteiger partial charge in [-0.25, -0.2) is 14.4 Å². The molecule has 1 fully saturated rings. The predicted molar refractivity (Wildman–Crippen MR) is 105 cm³/mol. The number of benzene rings is 1. The second kappa shape index (κ2) is 8.12. The summed E-state index contributed by atoms with van der Waals surface area (Å²) in [7, 11) is 0. The number of rotatable bonds is 5. The number of hydrogen-bond donors (Lipinski definition) is 2. The van der Waals surface area contributed by atoms with Gasteiger partial charge in [-0.2, -0.15) is 5.10 Å². The first-order valence-electron chi connectivity index (χ1n) is 9.03. The van der Waals surface area contributed by atoms with E-state index < -0.39 is 5.82 Å². The van der Waals surface area contributed by atoms with E-state index in [0.717, 1.165) is 31.6 Å². The molecule has 28 heavy (non-hydrogen) atoms. The second-order valence-electron chi connectivity index (χ2n) is 6.69. The quantitative estimate of drug-likeness (QED) is 0.675. The molecule has 9 heteroatoms. The summed E-state index contributed by atoms with van der Waals surface area (Å²) in [6, 6.07) is 4.79. The first-order valence-corrected chi connectivity index (χ1v) is 9.40. The van der Waals surface area contributed by atoms with E-state index >= 15 is 0 Å². The minimum absolute atomic E-state index is 0.0587. The van der Waals surface area contributed by atoms with Crippen LogP contribution >= 0.6 is 11.6 Å². The van der Waals surface area contributed by atoms with Gasteiger partial charge >= 0.3 is 0 Å². The Labute approximate surface area is 166 Å². The van der Waals surface area contributed by atoms with E-state index in [-0.39, 0.29) is 5.02 Å². The zero-order chi connectivity index (χ0) is 19.5. The van der Waals surface area contributed by atoms with Crippen molar-refractivity contribution < 1.29 is 9.13 Å². The molecule has 0 atom stereocenters. The number of aromatic nitrogens is 4. The monoisotopic (exact) mass is 402 g/mol. The molecule has 3 N–H and O–H groups in total. The Balaban J connectivity index is 1.49. The molecule has 1 aromatic carbocycles. The van der Waals surface area contributed by atoms with Crippen molar-refractivity contribution in [2.75, 3.05) is 24.3 Å². The highest BCUT2D eigenvalue weighted by Gasteiger charge is 2.17. The number of anilines is 3. The van der Waals surface area contributed by atoms with Crippen molar-refractivity contribution in [2.24, 2.45) is 0 Å². The molecule has 3 heterocycles. The van der Waals surface area contributed by atoms with Crippen LogP contribution in [-0.4, -0.2) is 33.0 Å². The molecule has 1 aliphatic rings. The minimum atomic E-state index is -0.514. The Morgan fingerprint density at radius 2 is 2.11 bits per heavy atom. The van der Waals surface area contributed by atoms with Crippen molar-refractivity contribution in [1.82, 2.24) is 19.7 Å². The Morgan fingerprint density at radius 3 is 2.89 bits per heavy atom. The third-order valence-corrected chi connectivity index (χ3v) is 4.94. The molecule has 0 saturated carbocycles. The summed E-state index contributed by atoms with van der Waals surface area (Å²) in [5.41, 5.74) is 7.86. The standard InChI is InChI=1S/C19H20ClFN6O/c20-15-2-1-13(8-16(15)21)25-19-17(22)10-23-18(26-19)7-12-9-24-27(11-12)14-3-5-28-6-4-14/h1-2,8-11,14H,3-7,22H2,(H,23,25,26). The second-order valence-corrected chi connectivity index (χ2v) is 7.10. The molecule has 4 rings (SSSR count). The van der Waals surface area contributed by atoms with Gasteiger partial charge in [0.2, 0.25) is 0 Å². The molecule has 0 spiro atoms. The fraction of sp³-hybridized carbons (Fsp3) is 0.316. The van der Waals surface area contributed by atoms with E-state index in [1.807, 2.05) is 17.1 Å². The van der Waals surface area contributed by atoms with E-state index in [4.69, 9.17) is 22.1 Å². The molecule has 3 aromatic rings. The molecule has 7 nitrogen and oxygen atoms in total. The molecule has 1 aliphatic heterocycles. The van der Waals surface area contributed by atoms with Crippen LogP contribution in [0.2, 0.25) is 5.02 Å². The van der Waals surface area contributed by atoms with Crippen molar-refractivity contribution in [3.8, 4) is 0 Å². The number of nitrogens with zero attached hydrogens (tertiary/aromatic N) is 4. The summed E-state index contributed by atoms with van der Waals surface area (Å²) < 4.78 is 21.0. The van der Waals surface area contributed by atoms with Gasteiger partial charge in [0.15, 0.2) is 5.82 Å². The summed E-state index contributed by atoms with van der Waals surface area (Å²) >= 11 is 5.72. The van der Waals surface area contributed by atoms with E-state index in [1.165, 1.54) is 12.1 Å². The van der Waals surface area contributed by atoms with Crippen molar-refractivity contribution in [1.29, 1.82) is 0 Å². The molecule has 0 bridgehead atoms. The number of ether oxygens (including phenoxy) is 1. The van der Waals surface area contributed by atoms with Gasteiger partial charge in [-0.15, -0.1) is 0 Å². The van der Waals surface area contributed by atoms with Gasteiger partial charge in [-0.05, 0) is 36.6 Å². The van der Waals surface area contributed by atoms with Gasteiger partial charge in [-0.3, -0.25) is 4.68 Å². The topological polar surface area (TPSA) is 90.9 Å². The van der Waals surface area contributed by atoms with Crippen LogP contribution in [0, 0.1) is 5.82 Å². The number of nitrogens with one attached hydrogen (secondary N) is 1. The van der Waals surface area contributed by atoms with Crippen LogP contribution in [0.15, 0.2) is 36.8 Å². The van der Waals surface area contributed by atoms with Crippen molar-refractivity contribution in [3.63, 3.8) is 0 Å². The van der Waals surface area contributed by atoms with Gasteiger partial charge in [0, 0.05) is 31.5 Å². The largest absolute Gasteiger partial charge is 0.394 e. The lowest BCUT2D eigenvalue weighted by Gasteiger charge is -2.22. The van der Waals surface area contributed by atoms with E-state index in [1.54, 1.807) is 12.3 Å². The van der Waals surface area contributed by atoms with Crippen LogP contribution in [0.3, 0.4) is 0 Å². The highest BCUT2D eigenvalue weighted by atomic mass is 35.5. The first-order chi connectivity index (χ1) is 13.6. The number of halogens is 2. The zero-order valence-electron chi connectivity index (χ0n) is 15.1. The maximum atomic E-state index is 13.7.